The molecule has 0 atom stereocenters. The molecule has 0 aliphatic rings. The number of hydrogen-bond donors (Lipinski definition) is 1. The van der Waals surface area contributed by atoms with Gasteiger partial charge in [0.05, 0.1) is 18.1 Å². The smallest absolute Gasteiger partial charge is 0.228 e. The van der Waals surface area contributed by atoms with Crippen molar-refractivity contribution in [3.05, 3.63) is 64.7 Å². The molecule has 4 heteroatoms. The standard InChI is InChI=1S/C15H11ClN2O/c16-13-3-1-2-12(8-13)9-15(19)18-14-6-4-11(10-17)5-7-14/h1-8H,9H2,(H,18,19). The van der Waals surface area contributed by atoms with Gasteiger partial charge < -0.3 is 5.32 Å². The summed E-state index contributed by atoms with van der Waals surface area (Å²) in [5.74, 6) is -0.119. The molecular formula is C15H11ClN2O. The van der Waals surface area contributed by atoms with Crippen LogP contribution in [0.1, 0.15) is 11.1 Å². The van der Waals surface area contributed by atoms with E-state index in [-0.39, 0.29) is 12.3 Å². The third-order valence-corrected chi connectivity index (χ3v) is 2.79. The highest BCUT2D eigenvalue weighted by atomic mass is 35.5. The first-order valence-corrected chi connectivity index (χ1v) is 6.09. The number of carbonyl (C=O) groups is 1. The molecule has 0 unspecified atom stereocenters. The predicted octanol–water partition coefficient (Wildman–Crippen LogP) is 3.39. The Morgan fingerprint density at radius 3 is 2.58 bits per heavy atom. The molecule has 0 radical (unpaired) electrons. The van der Waals surface area contributed by atoms with Crippen molar-refractivity contribution in [2.24, 2.45) is 0 Å². The Kier molecular flexibility index (Phi) is 4.17. The molecule has 0 spiro atoms. The zero-order valence-corrected chi connectivity index (χ0v) is 10.8. The van der Waals surface area contributed by atoms with E-state index in [9.17, 15) is 4.79 Å². The van der Waals surface area contributed by atoms with Crippen LogP contribution in [0.5, 0.6) is 0 Å². The van der Waals surface area contributed by atoms with Gasteiger partial charge in [-0.05, 0) is 42.0 Å². The summed E-state index contributed by atoms with van der Waals surface area (Å²) in [6.07, 6.45) is 0.264. The molecule has 2 aromatic carbocycles. The van der Waals surface area contributed by atoms with Gasteiger partial charge in [0, 0.05) is 10.7 Å². The summed E-state index contributed by atoms with van der Waals surface area (Å²) < 4.78 is 0. The molecule has 0 bridgehead atoms. The number of hydrogen-bond acceptors (Lipinski definition) is 2. The van der Waals surface area contributed by atoms with Crippen LogP contribution in [0.4, 0.5) is 5.69 Å². The van der Waals surface area contributed by atoms with Crippen molar-refractivity contribution in [2.75, 3.05) is 5.32 Å². The summed E-state index contributed by atoms with van der Waals surface area (Å²) in [5.41, 5.74) is 2.09. The molecule has 0 fully saturated rings. The number of nitrogens with zero attached hydrogens (tertiary/aromatic N) is 1. The molecular weight excluding hydrogens is 260 g/mol. The minimum absolute atomic E-state index is 0.119. The van der Waals surface area contributed by atoms with E-state index < -0.39 is 0 Å². The number of rotatable bonds is 3. The van der Waals surface area contributed by atoms with E-state index in [1.165, 1.54) is 0 Å². The molecule has 19 heavy (non-hydrogen) atoms. The second kappa shape index (κ2) is 6.03. The number of halogens is 1. The van der Waals surface area contributed by atoms with E-state index in [2.05, 4.69) is 5.32 Å². The summed E-state index contributed by atoms with van der Waals surface area (Å²) in [6.45, 7) is 0. The average molecular weight is 271 g/mol. The summed E-state index contributed by atoms with van der Waals surface area (Å²) in [5, 5.41) is 12.1. The molecule has 0 aromatic heterocycles. The van der Waals surface area contributed by atoms with E-state index in [0.29, 0.717) is 16.3 Å². The molecule has 0 aliphatic carbocycles. The van der Waals surface area contributed by atoms with Gasteiger partial charge >= 0.3 is 0 Å². The number of nitrogens with one attached hydrogen (secondary N) is 1. The van der Waals surface area contributed by atoms with E-state index >= 15 is 0 Å². The topological polar surface area (TPSA) is 52.9 Å². The lowest BCUT2D eigenvalue weighted by molar-refractivity contribution is -0.115. The fraction of sp³-hybridized carbons (Fsp3) is 0.0667. The Morgan fingerprint density at radius 2 is 1.95 bits per heavy atom. The van der Waals surface area contributed by atoms with Crippen LogP contribution in [0.2, 0.25) is 5.02 Å². The Balaban J connectivity index is 1.99. The van der Waals surface area contributed by atoms with Gasteiger partial charge in [0.15, 0.2) is 0 Å². The van der Waals surface area contributed by atoms with Crippen molar-refractivity contribution >= 4 is 23.2 Å². The molecule has 94 valence electrons. The first-order valence-electron chi connectivity index (χ1n) is 5.72. The number of anilines is 1. The van der Waals surface area contributed by atoms with Crippen molar-refractivity contribution in [3.8, 4) is 6.07 Å². The van der Waals surface area contributed by atoms with Gasteiger partial charge in [-0.1, -0.05) is 23.7 Å². The zero-order chi connectivity index (χ0) is 13.7. The molecule has 3 nitrogen and oxygen atoms in total. The largest absolute Gasteiger partial charge is 0.326 e. The van der Waals surface area contributed by atoms with Crippen LogP contribution in [0.15, 0.2) is 48.5 Å². The minimum atomic E-state index is -0.119. The summed E-state index contributed by atoms with van der Waals surface area (Å²) in [7, 11) is 0. The maximum Gasteiger partial charge on any atom is 0.228 e. The highest BCUT2D eigenvalue weighted by Crippen LogP contribution is 2.13. The lowest BCUT2D eigenvalue weighted by Crippen LogP contribution is -2.14. The molecule has 1 N–H and O–H groups in total. The molecule has 0 heterocycles. The van der Waals surface area contributed by atoms with Crippen molar-refractivity contribution in [3.63, 3.8) is 0 Å². The van der Waals surface area contributed by atoms with Gasteiger partial charge in [-0.2, -0.15) is 5.26 Å². The zero-order valence-electron chi connectivity index (χ0n) is 10.1. The summed E-state index contributed by atoms with van der Waals surface area (Å²) >= 11 is 5.86. The third kappa shape index (κ3) is 3.84. The number of amides is 1. The van der Waals surface area contributed by atoms with Crippen LogP contribution in [0.25, 0.3) is 0 Å². The first kappa shape index (κ1) is 13.1. The average Bonchev–Trinajstić information content (AvgIpc) is 2.39. The van der Waals surface area contributed by atoms with Crippen molar-refractivity contribution < 1.29 is 4.79 Å². The molecule has 0 saturated heterocycles. The molecule has 0 aliphatic heterocycles. The molecule has 0 saturated carbocycles. The van der Waals surface area contributed by atoms with Crippen molar-refractivity contribution in [1.82, 2.24) is 0 Å². The van der Waals surface area contributed by atoms with Crippen molar-refractivity contribution in [1.29, 1.82) is 5.26 Å². The van der Waals surface area contributed by atoms with E-state index in [1.54, 1.807) is 36.4 Å². The van der Waals surface area contributed by atoms with Crippen LogP contribution >= 0.6 is 11.6 Å². The van der Waals surface area contributed by atoms with Crippen LogP contribution < -0.4 is 5.32 Å². The number of benzene rings is 2. The normalized spacial score (nSPS) is 9.68. The highest BCUT2D eigenvalue weighted by molar-refractivity contribution is 6.30. The predicted molar refractivity (Wildman–Crippen MR) is 74.9 cm³/mol. The second-order valence-electron chi connectivity index (χ2n) is 4.04. The Hall–Kier alpha value is -2.31. The van der Waals surface area contributed by atoms with Crippen LogP contribution in [0.3, 0.4) is 0 Å². The number of nitriles is 1. The molecule has 2 rings (SSSR count). The van der Waals surface area contributed by atoms with Gasteiger partial charge in [-0.15, -0.1) is 0 Å². The monoisotopic (exact) mass is 270 g/mol. The Morgan fingerprint density at radius 1 is 1.21 bits per heavy atom. The number of carbonyl (C=O) groups excluding carboxylic acids is 1. The summed E-state index contributed by atoms with van der Waals surface area (Å²) in [6, 6.07) is 16.0. The lowest BCUT2D eigenvalue weighted by Gasteiger charge is -2.05. The molecule has 2 aromatic rings. The van der Waals surface area contributed by atoms with Gasteiger partial charge in [-0.25, -0.2) is 0 Å². The maximum atomic E-state index is 11.8. The van der Waals surface area contributed by atoms with Gasteiger partial charge in [0.1, 0.15) is 0 Å². The summed E-state index contributed by atoms with van der Waals surface area (Å²) in [4.78, 5) is 11.8. The lowest BCUT2D eigenvalue weighted by atomic mass is 10.1. The fourth-order valence-corrected chi connectivity index (χ4v) is 1.88. The highest BCUT2D eigenvalue weighted by Gasteiger charge is 2.04. The van der Waals surface area contributed by atoms with E-state index in [1.807, 2.05) is 18.2 Å². The quantitative estimate of drug-likeness (QED) is 0.929. The minimum Gasteiger partial charge on any atom is -0.326 e. The van der Waals surface area contributed by atoms with Gasteiger partial charge in [-0.3, -0.25) is 4.79 Å². The van der Waals surface area contributed by atoms with Crippen molar-refractivity contribution in [2.45, 2.75) is 6.42 Å². The van der Waals surface area contributed by atoms with E-state index in [0.717, 1.165) is 5.56 Å². The first-order chi connectivity index (χ1) is 9.17. The maximum absolute atomic E-state index is 11.8. The van der Waals surface area contributed by atoms with E-state index in [4.69, 9.17) is 16.9 Å². The van der Waals surface area contributed by atoms with Crippen LogP contribution in [-0.4, -0.2) is 5.91 Å². The second-order valence-corrected chi connectivity index (χ2v) is 4.48. The fourth-order valence-electron chi connectivity index (χ4n) is 1.67. The van der Waals surface area contributed by atoms with Gasteiger partial charge in [0.2, 0.25) is 5.91 Å². The van der Waals surface area contributed by atoms with Crippen LogP contribution in [0, 0.1) is 11.3 Å². The Labute approximate surface area is 116 Å². The van der Waals surface area contributed by atoms with Gasteiger partial charge in [0.25, 0.3) is 0 Å². The SMILES string of the molecule is N#Cc1ccc(NC(=O)Cc2cccc(Cl)c2)cc1. The van der Waals surface area contributed by atoms with Crippen LogP contribution in [-0.2, 0) is 11.2 Å². The third-order valence-electron chi connectivity index (χ3n) is 2.55. The Bertz CT molecular complexity index is 629. The molecule has 1 amide bonds.